The minimum absolute atomic E-state index is 0.391. The SMILES string of the molecule is COC1CCCN(CC2(CN)CCC(C)CC2)C1. The number of methoxy groups -OCH3 is 1. The van der Waals surface area contributed by atoms with Crippen LogP contribution in [0.3, 0.4) is 0 Å². The lowest BCUT2D eigenvalue weighted by molar-refractivity contribution is 0.00571. The van der Waals surface area contributed by atoms with Gasteiger partial charge in [-0.2, -0.15) is 0 Å². The first-order chi connectivity index (χ1) is 8.67. The van der Waals surface area contributed by atoms with Crippen LogP contribution in [0.1, 0.15) is 45.4 Å². The highest BCUT2D eigenvalue weighted by molar-refractivity contribution is 4.89. The molecule has 2 aliphatic rings. The summed E-state index contributed by atoms with van der Waals surface area (Å²) < 4.78 is 5.52. The summed E-state index contributed by atoms with van der Waals surface area (Å²) in [6, 6.07) is 0. The van der Waals surface area contributed by atoms with Crippen LogP contribution in [0.2, 0.25) is 0 Å². The summed E-state index contributed by atoms with van der Waals surface area (Å²) in [5.41, 5.74) is 6.50. The van der Waals surface area contributed by atoms with Gasteiger partial charge >= 0.3 is 0 Å². The van der Waals surface area contributed by atoms with Crippen LogP contribution >= 0.6 is 0 Å². The molecule has 3 nitrogen and oxygen atoms in total. The molecule has 1 aliphatic heterocycles. The summed E-state index contributed by atoms with van der Waals surface area (Å²) in [6.45, 7) is 6.76. The maximum Gasteiger partial charge on any atom is 0.0698 e. The van der Waals surface area contributed by atoms with E-state index in [0.717, 1.165) is 19.0 Å². The molecule has 1 heterocycles. The molecule has 2 fully saturated rings. The predicted octanol–water partition coefficient (Wildman–Crippen LogP) is 2.25. The monoisotopic (exact) mass is 254 g/mol. The van der Waals surface area contributed by atoms with Gasteiger partial charge in [0, 0.05) is 20.2 Å². The summed E-state index contributed by atoms with van der Waals surface area (Å²) in [5, 5.41) is 0. The highest BCUT2D eigenvalue weighted by Gasteiger charge is 2.35. The van der Waals surface area contributed by atoms with E-state index in [0.29, 0.717) is 11.5 Å². The van der Waals surface area contributed by atoms with Crippen LogP contribution in [0.5, 0.6) is 0 Å². The molecule has 2 N–H and O–H groups in total. The molecule has 1 saturated carbocycles. The molecular weight excluding hydrogens is 224 g/mol. The highest BCUT2D eigenvalue weighted by Crippen LogP contribution is 2.39. The van der Waals surface area contributed by atoms with Gasteiger partial charge in [-0.05, 0) is 50.1 Å². The zero-order valence-corrected chi connectivity index (χ0v) is 12.2. The van der Waals surface area contributed by atoms with Gasteiger partial charge in [0.15, 0.2) is 0 Å². The van der Waals surface area contributed by atoms with E-state index < -0.39 is 0 Å². The Morgan fingerprint density at radius 1 is 1.28 bits per heavy atom. The van der Waals surface area contributed by atoms with Gasteiger partial charge < -0.3 is 15.4 Å². The number of likely N-dealkylation sites (tertiary alicyclic amines) is 1. The predicted molar refractivity (Wildman–Crippen MR) is 75.6 cm³/mol. The summed E-state index contributed by atoms with van der Waals surface area (Å²) in [7, 11) is 1.84. The molecule has 0 radical (unpaired) electrons. The maximum atomic E-state index is 6.11. The van der Waals surface area contributed by atoms with Crippen LogP contribution in [-0.4, -0.2) is 44.3 Å². The first-order valence-corrected chi connectivity index (χ1v) is 7.63. The summed E-state index contributed by atoms with van der Waals surface area (Å²) in [4.78, 5) is 2.60. The molecule has 18 heavy (non-hydrogen) atoms. The number of rotatable bonds is 4. The molecule has 1 aliphatic carbocycles. The fourth-order valence-corrected chi connectivity index (χ4v) is 3.62. The third kappa shape index (κ3) is 3.46. The van der Waals surface area contributed by atoms with Crippen molar-refractivity contribution < 1.29 is 4.74 Å². The third-order valence-electron chi connectivity index (χ3n) is 5.12. The average molecular weight is 254 g/mol. The van der Waals surface area contributed by atoms with Crippen molar-refractivity contribution in [3.05, 3.63) is 0 Å². The maximum absolute atomic E-state index is 6.11. The molecule has 1 atom stereocenters. The largest absolute Gasteiger partial charge is 0.380 e. The minimum atomic E-state index is 0.391. The minimum Gasteiger partial charge on any atom is -0.380 e. The van der Waals surface area contributed by atoms with Gasteiger partial charge in [-0.1, -0.05) is 19.8 Å². The second kappa shape index (κ2) is 6.36. The van der Waals surface area contributed by atoms with E-state index in [4.69, 9.17) is 10.5 Å². The number of nitrogens with zero attached hydrogens (tertiary/aromatic N) is 1. The van der Waals surface area contributed by atoms with Crippen molar-refractivity contribution >= 4 is 0 Å². The van der Waals surface area contributed by atoms with E-state index in [1.54, 1.807) is 0 Å². The molecule has 1 saturated heterocycles. The van der Waals surface area contributed by atoms with Crippen molar-refractivity contribution in [1.29, 1.82) is 0 Å². The molecule has 0 amide bonds. The van der Waals surface area contributed by atoms with Gasteiger partial charge in [0.2, 0.25) is 0 Å². The smallest absolute Gasteiger partial charge is 0.0698 e. The topological polar surface area (TPSA) is 38.5 Å². The lowest BCUT2D eigenvalue weighted by Gasteiger charge is -2.44. The Kier molecular flexibility index (Phi) is 5.05. The van der Waals surface area contributed by atoms with Crippen LogP contribution < -0.4 is 5.73 Å². The van der Waals surface area contributed by atoms with Crippen LogP contribution in [0.15, 0.2) is 0 Å². The molecule has 106 valence electrons. The van der Waals surface area contributed by atoms with Crippen LogP contribution in [0.4, 0.5) is 0 Å². The molecule has 1 unspecified atom stereocenters. The summed E-state index contributed by atoms with van der Waals surface area (Å²) >= 11 is 0. The Morgan fingerprint density at radius 2 is 2.00 bits per heavy atom. The van der Waals surface area contributed by atoms with Crippen molar-refractivity contribution in [1.82, 2.24) is 4.90 Å². The van der Waals surface area contributed by atoms with Gasteiger partial charge in [0.1, 0.15) is 0 Å². The molecule has 3 heteroatoms. The second-order valence-electron chi connectivity index (χ2n) is 6.62. The van der Waals surface area contributed by atoms with Gasteiger partial charge in [-0.15, -0.1) is 0 Å². The molecule has 0 spiro atoms. The van der Waals surface area contributed by atoms with E-state index in [-0.39, 0.29) is 0 Å². The van der Waals surface area contributed by atoms with Crippen molar-refractivity contribution in [2.45, 2.75) is 51.6 Å². The standard InChI is InChI=1S/C15H30N2O/c1-13-5-7-15(11-16,8-6-13)12-17-9-3-4-14(10-17)18-2/h13-14H,3-12,16H2,1-2H3. The fraction of sp³-hybridized carbons (Fsp3) is 1.00. The number of piperidine rings is 1. The highest BCUT2D eigenvalue weighted by atomic mass is 16.5. The van der Waals surface area contributed by atoms with E-state index >= 15 is 0 Å². The van der Waals surface area contributed by atoms with Crippen molar-refractivity contribution in [2.24, 2.45) is 17.1 Å². The van der Waals surface area contributed by atoms with Crippen LogP contribution in [0.25, 0.3) is 0 Å². The Labute approximate surface area is 112 Å². The normalized spacial score (nSPS) is 38.8. The lowest BCUT2D eigenvalue weighted by atomic mass is 9.70. The van der Waals surface area contributed by atoms with Crippen LogP contribution in [0, 0.1) is 11.3 Å². The zero-order chi connectivity index (χ0) is 13.0. The lowest BCUT2D eigenvalue weighted by Crippen LogP contribution is -2.49. The van der Waals surface area contributed by atoms with E-state index in [1.165, 1.54) is 51.6 Å². The summed E-state index contributed by atoms with van der Waals surface area (Å²) in [6.07, 6.45) is 8.29. The van der Waals surface area contributed by atoms with Crippen molar-refractivity contribution in [2.75, 3.05) is 33.3 Å². The van der Waals surface area contributed by atoms with Crippen molar-refractivity contribution in [3.63, 3.8) is 0 Å². The first kappa shape index (κ1) is 14.3. The number of nitrogens with two attached hydrogens (primary N) is 1. The summed E-state index contributed by atoms with van der Waals surface area (Å²) in [5.74, 6) is 0.901. The molecule has 0 aromatic rings. The van der Waals surface area contributed by atoms with Gasteiger partial charge in [-0.3, -0.25) is 0 Å². The third-order valence-corrected chi connectivity index (χ3v) is 5.12. The molecule has 0 aromatic heterocycles. The Bertz CT molecular complexity index is 249. The zero-order valence-electron chi connectivity index (χ0n) is 12.2. The first-order valence-electron chi connectivity index (χ1n) is 7.63. The number of ether oxygens (including phenoxy) is 1. The van der Waals surface area contributed by atoms with Gasteiger partial charge in [0.05, 0.1) is 6.10 Å². The second-order valence-corrected chi connectivity index (χ2v) is 6.62. The average Bonchev–Trinajstić information content (AvgIpc) is 2.42. The Morgan fingerprint density at radius 3 is 2.61 bits per heavy atom. The van der Waals surface area contributed by atoms with E-state index in [1.807, 2.05) is 7.11 Å². The molecular formula is C15H30N2O. The molecule has 2 rings (SSSR count). The fourth-order valence-electron chi connectivity index (χ4n) is 3.62. The molecule has 0 aromatic carbocycles. The van der Waals surface area contributed by atoms with E-state index in [9.17, 15) is 0 Å². The quantitative estimate of drug-likeness (QED) is 0.836. The van der Waals surface area contributed by atoms with Crippen LogP contribution in [-0.2, 0) is 4.74 Å². The van der Waals surface area contributed by atoms with E-state index in [2.05, 4.69) is 11.8 Å². The van der Waals surface area contributed by atoms with Crippen molar-refractivity contribution in [3.8, 4) is 0 Å². The Hall–Kier alpha value is -0.120. The molecule has 0 bridgehead atoms. The number of hydrogen-bond acceptors (Lipinski definition) is 3. The van der Waals surface area contributed by atoms with Gasteiger partial charge in [-0.25, -0.2) is 0 Å². The van der Waals surface area contributed by atoms with Gasteiger partial charge in [0.25, 0.3) is 0 Å². The number of hydrogen-bond donors (Lipinski definition) is 1. The Balaban J connectivity index is 1.89.